The van der Waals surface area contributed by atoms with Crippen molar-refractivity contribution in [2.75, 3.05) is 5.32 Å². The Morgan fingerprint density at radius 2 is 1.71 bits per heavy atom. The molecule has 2 aromatic carbocycles. The van der Waals surface area contributed by atoms with Gasteiger partial charge >= 0.3 is 0 Å². The average molecular weight is 353 g/mol. The predicted molar refractivity (Wildman–Crippen MR) is 107 cm³/mol. The Labute approximate surface area is 152 Å². The molecular weight excluding hydrogens is 332 g/mol. The predicted octanol–water partition coefficient (Wildman–Crippen LogP) is 5.46. The molecule has 0 saturated heterocycles. The van der Waals surface area contributed by atoms with Crippen LogP contribution in [0.1, 0.15) is 16.0 Å². The molecule has 1 aromatic heterocycles. The zero-order chi connectivity index (χ0) is 16.8. The summed E-state index contributed by atoms with van der Waals surface area (Å²) < 4.78 is 0. The fourth-order valence-corrected chi connectivity index (χ4v) is 3.40. The minimum atomic E-state index is 0.746. The molecule has 0 unspecified atom stereocenters. The number of hydrogen-bond acceptors (Lipinski definition) is 2. The van der Waals surface area contributed by atoms with Crippen LogP contribution in [0.5, 0.6) is 0 Å². The molecule has 24 heavy (non-hydrogen) atoms. The number of thiocarbonyl (C=S) groups is 1. The maximum absolute atomic E-state index is 5.68. The van der Waals surface area contributed by atoms with E-state index in [1.807, 2.05) is 6.07 Å². The standard InChI is InChI=1S/C20H20N2S2/c1-16-9-11-18(12-10-16)21-20(23)22(15-19-8-5-13-24-19)14-17-6-3-2-4-7-17/h2-13H,14-15H2,1H3,(H,21,23). The van der Waals surface area contributed by atoms with Gasteiger partial charge in [0.25, 0.3) is 0 Å². The van der Waals surface area contributed by atoms with Gasteiger partial charge in [0.2, 0.25) is 0 Å². The molecule has 0 saturated carbocycles. The van der Waals surface area contributed by atoms with Crippen LogP contribution >= 0.6 is 23.6 Å². The number of rotatable bonds is 5. The molecule has 2 nitrogen and oxygen atoms in total. The Morgan fingerprint density at radius 3 is 2.38 bits per heavy atom. The van der Waals surface area contributed by atoms with Gasteiger partial charge in [-0.25, -0.2) is 0 Å². The minimum absolute atomic E-state index is 0.746. The second-order valence-electron chi connectivity index (χ2n) is 5.72. The highest BCUT2D eigenvalue weighted by atomic mass is 32.1. The van der Waals surface area contributed by atoms with Gasteiger partial charge in [-0.05, 0) is 48.3 Å². The van der Waals surface area contributed by atoms with Crippen LogP contribution in [0.4, 0.5) is 5.69 Å². The molecule has 122 valence electrons. The van der Waals surface area contributed by atoms with Crippen LogP contribution in [0.25, 0.3) is 0 Å². The van der Waals surface area contributed by atoms with Crippen molar-refractivity contribution in [1.29, 1.82) is 0 Å². The lowest BCUT2D eigenvalue weighted by Crippen LogP contribution is -2.33. The molecule has 0 aliphatic rings. The third-order valence-electron chi connectivity index (χ3n) is 3.73. The van der Waals surface area contributed by atoms with Gasteiger partial charge in [-0.15, -0.1) is 11.3 Å². The molecule has 0 radical (unpaired) electrons. The molecule has 3 rings (SSSR count). The lowest BCUT2D eigenvalue weighted by atomic mass is 10.2. The summed E-state index contributed by atoms with van der Waals surface area (Å²) >= 11 is 7.44. The van der Waals surface area contributed by atoms with Crippen molar-refractivity contribution >= 4 is 34.4 Å². The van der Waals surface area contributed by atoms with Crippen LogP contribution < -0.4 is 5.32 Å². The molecule has 0 aliphatic carbocycles. The Balaban J connectivity index is 1.74. The van der Waals surface area contributed by atoms with E-state index in [4.69, 9.17) is 12.2 Å². The molecule has 0 amide bonds. The first-order valence-corrected chi connectivity index (χ1v) is 9.18. The maximum Gasteiger partial charge on any atom is 0.174 e. The number of hydrogen-bond donors (Lipinski definition) is 1. The lowest BCUT2D eigenvalue weighted by molar-refractivity contribution is 0.416. The second-order valence-corrected chi connectivity index (χ2v) is 7.14. The average Bonchev–Trinajstić information content (AvgIpc) is 3.10. The molecule has 4 heteroatoms. The van der Waals surface area contributed by atoms with Crippen LogP contribution in [-0.2, 0) is 13.1 Å². The van der Waals surface area contributed by atoms with Gasteiger partial charge in [-0.1, -0.05) is 54.1 Å². The zero-order valence-corrected chi connectivity index (χ0v) is 15.2. The smallest absolute Gasteiger partial charge is 0.174 e. The van der Waals surface area contributed by atoms with E-state index in [9.17, 15) is 0 Å². The van der Waals surface area contributed by atoms with Crippen LogP contribution in [0.2, 0.25) is 0 Å². The zero-order valence-electron chi connectivity index (χ0n) is 13.6. The first-order valence-electron chi connectivity index (χ1n) is 7.89. The molecule has 0 bridgehead atoms. The van der Waals surface area contributed by atoms with E-state index in [0.29, 0.717) is 0 Å². The molecule has 0 atom stereocenters. The highest BCUT2D eigenvalue weighted by Gasteiger charge is 2.12. The van der Waals surface area contributed by atoms with Crippen molar-refractivity contribution in [3.05, 3.63) is 88.1 Å². The Hall–Kier alpha value is -2.17. The van der Waals surface area contributed by atoms with E-state index in [1.54, 1.807) is 11.3 Å². The molecule has 1 heterocycles. The van der Waals surface area contributed by atoms with Crippen LogP contribution in [0.15, 0.2) is 72.1 Å². The first kappa shape index (κ1) is 16.7. The van der Waals surface area contributed by atoms with Crippen molar-refractivity contribution in [1.82, 2.24) is 4.90 Å². The molecular formula is C20H20N2S2. The molecule has 3 aromatic rings. The third kappa shape index (κ3) is 4.66. The normalized spacial score (nSPS) is 10.4. The molecule has 0 aliphatic heterocycles. The molecule has 0 fully saturated rings. The highest BCUT2D eigenvalue weighted by Crippen LogP contribution is 2.17. The Morgan fingerprint density at radius 1 is 0.958 bits per heavy atom. The Kier molecular flexibility index (Phi) is 5.62. The van der Waals surface area contributed by atoms with Gasteiger partial charge in [0, 0.05) is 17.1 Å². The van der Waals surface area contributed by atoms with Crippen LogP contribution in [-0.4, -0.2) is 10.0 Å². The number of anilines is 1. The first-order chi connectivity index (χ1) is 11.7. The van der Waals surface area contributed by atoms with E-state index in [-0.39, 0.29) is 0 Å². The van der Waals surface area contributed by atoms with Gasteiger partial charge in [0.05, 0.1) is 6.54 Å². The summed E-state index contributed by atoms with van der Waals surface area (Å²) in [6, 6.07) is 23.0. The maximum atomic E-state index is 5.68. The van der Waals surface area contributed by atoms with Crippen LogP contribution in [0, 0.1) is 6.92 Å². The SMILES string of the molecule is Cc1ccc(NC(=S)N(Cc2ccccc2)Cc2cccs2)cc1. The number of nitrogens with one attached hydrogen (secondary N) is 1. The summed E-state index contributed by atoms with van der Waals surface area (Å²) in [5.74, 6) is 0. The molecule has 1 N–H and O–H groups in total. The van der Waals surface area contributed by atoms with Gasteiger partial charge in [0.15, 0.2) is 5.11 Å². The number of thiophene rings is 1. The monoisotopic (exact) mass is 352 g/mol. The second kappa shape index (κ2) is 8.08. The number of nitrogens with zero attached hydrogens (tertiary/aromatic N) is 1. The summed E-state index contributed by atoms with van der Waals surface area (Å²) in [6.07, 6.45) is 0. The minimum Gasteiger partial charge on any atom is -0.340 e. The van der Waals surface area contributed by atoms with Crippen molar-refractivity contribution < 1.29 is 0 Å². The van der Waals surface area contributed by atoms with E-state index in [2.05, 4.69) is 83.2 Å². The van der Waals surface area contributed by atoms with E-state index < -0.39 is 0 Å². The summed E-state index contributed by atoms with van der Waals surface area (Å²) in [6.45, 7) is 3.68. The van der Waals surface area contributed by atoms with Crippen molar-refractivity contribution in [3.8, 4) is 0 Å². The fraction of sp³-hybridized carbons (Fsp3) is 0.150. The number of benzene rings is 2. The molecule has 0 spiro atoms. The summed E-state index contributed by atoms with van der Waals surface area (Å²) in [4.78, 5) is 3.51. The van der Waals surface area contributed by atoms with Gasteiger partial charge in [0.1, 0.15) is 0 Å². The van der Waals surface area contributed by atoms with E-state index >= 15 is 0 Å². The fourth-order valence-electron chi connectivity index (χ4n) is 2.43. The lowest BCUT2D eigenvalue weighted by Gasteiger charge is -2.25. The van der Waals surface area contributed by atoms with Crippen molar-refractivity contribution in [3.63, 3.8) is 0 Å². The van der Waals surface area contributed by atoms with Crippen molar-refractivity contribution in [2.24, 2.45) is 0 Å². The quantitative estimate of drug-likeness (QED) is 0.614. The van der Waals surface area contributed by atoms with Gasteiger partial charge < -0.3 is 10.2 Å². The summed E-state index contributed by atoms with van der Waals surface area (Å²) in [5.41, 5.74) is 3.52. The topological polar surface area (TPSA) is 15.3 Å². The van der Waals surface area contributed by atoms with Gasteiger partial charge in [-0.3, -0.25) is 0 Å². The largest absolute Gasteiger partial charge is 0.340 e. The summed E-state index contributed by atoms with van der Waals surface area (Å²) in [7, 11) is 0. The number of aryl methyl sites for hydroxylation is 1. The van der Waals surface area contributed by atoms with E-state index in [1.165, 1.54) is 16.0 Å². The Bertz CT molecular complexity index is 765. The van der Waals surface area contributed by atoms with Gasteiger partial charge in [-0.2, -0.15) is 0 Å². The van der Waals surface area contributed by atoms with Crippen LogP contribution in [0.3, 0.4) is 0 Å². The summed E-state index contributed by atoms with van der Waals surface area (Å²) in [5, 5.41) is 6.21. The highest BCUT2D eigenvalue weighted by molar-refractivity contribution is 7.80. The third-order valence-corrected chi connectivity index (χ3v) is 4.95. The van der Waals surface area contributed by atoms with Crippen molar-refractivity contribution in [2.45, 2.75) is 20.0 Å². The van der Waals surface area contributed by atoms with E-state index in [0.717, 1.165) is 23.9 Å².